The van der Waals surface area contributed by atoms with E-state index in [0.29, 0.717) is 16.9 Å². The Labute approximate surface area is 124 Å². The average molecular weight is 342 g/mol. The Morgan fingerprint density at radius 1 is 1.20 bits per heavy atom. The Kier molecular flexibility index (Phi) is 4.73. The van der Waals surface area contributed by atoms with Crippen molar-refractivity contribution in [1.82, 2.24) is 0 Å². The largest absolute Gasteiger partial charge is 0.488 e. The van der Waals surface area contributed by atoms with Gasteiger partial charge in [-0.25, -0.2) is 8.78 Å². The van der Waals surface area contributed by atoms with Crippen LogP contribution in [0.2, 0.25) is 0 Å². The minimum absolute atomic E-state index is 0.00838. The third kappa shape index (κ3) is 3.55. The SMILES string of the molecule is CC(N)c1ccc(F)cc1OCc1cc(Br)ccc1F. The first kappa shape index (κ1) is 14.9. The maximum atomic E-state index is 13.6. The molecule has 2 N–H and O–H groups in total. The van der Waals surface area contributed by atoms with Gasteiger partial charge in [0.05, 0.1) is 0 Å². The van der Waals surface area contributed by atoms with Crippen LogP contribution < -0.4 is 10.5 Å². The summed E-state index contributed by atoms with van der Waals surface area (Å²) in [6, 6.07) is 8.44. The maximum absolute atomic E-state index is 13.6. The Morgan fingerprint density at radius 2 is 1.95 bits per heavy atom. The Morgan fingerprint density at radius 3 is 2.65 bits per heavy atom. The molecule has 0 saturated carbocycles. The van der Waals surface area contributed by atoms with E-state index in [9.17, 15) is 8.78 Å². The zero-order valence-electron chi connectivity index (χ0n) is 10.9. The van der Waals surface area contributed by atoms with Gasteiger partial charge in [0.25, 0.3) is 0 Å². The lowest BCUT2D eigenvalue weighted by molar-refractivity contribution is 0.293. The third-order valence-electron chi connectivity index (χ3n) is 2.86. The molecule has 5 heteroatoms. The van der Waals surface area contributed by atoms with Crippen LogP contribution in [0.5, 0.6) is 5.75 Å². The third-order valence-corrected chi connectivity index (χ3v) is 3.35. The summed E-state index contributed by atoms with van der Waals surface area (Å²) in [6.07, 6.45) is 0. The molecule has 0 bridgehead atoms. The predicted octanol–water partition coefficient (Wildman–Crippen LogP) is 4.33. The summed E-state index contributed by atoms with van der Waals surface area (Å²) in [5.74, 6) is -0.453. The molecule has 2 nitrogen and oxygen atoms in total. The summed E-state index contributed by atoms with van der Waals surface area (Å²) >= 11 is 3.27. The number of benzene rings is 2. The molecule has 2 rings (SSSR count). The number of hydrogen-bond donors (Lipinski definition) is 1. The van der Waals surface area contributed by atoms with Crippen LogP contribution in [0.1, 0.15) is 24.1 Å². The molecular weight excluding hydrogens is 328 g/mol. The first-order valence-electron chi connectivity index (χ1n) is 6.09. The van der Waals surface area contributed by atoms with Crippen LogP contribution in [0.3, 0.4) is 0 Å². The molecule has 0 aliphatic carbocycles. The molecule has 106 valence electrons. The highest BCUT2D eigenvalue weighted by Crippen LogP contribution is 2.26. The maximum Gasteiger partial charge on any atom is 0.129 e. The van der Waals surface area contributed by atoms with Gasteiger partial charge in [-0.15, -0.1) is 0 Å². The molecule has 0 heterocycles. The Balaban J connectivity index is 2.22. The highest BCUT2D eigenvalue weighted by atomic mass is 79.9. The quantitative estimate of drug-likeness (QED) is 0.898. The Bertz CT molecular complexity index is 617. The first-order valence-corrected chi connectivity index (χ1v) is 6.88. The summed E-state index contributed by atoms with van der Waals surface area (Å²) in [6.45, 7) is 1.79. The van der Waals surface area contributed by atoms with Crippen molar-refractivity contribution in [3.8, 4) is 5.75 Å². The minimum Gasteiger partial charge on any atom is -0.488 e. The van der Waals surface area contributed by atoms with Crippen molar-refractivity contribution < 1.29 is 13.5 Å². The lowest BCUT2D eigenvalue weighted by Crippen LogP contribution is -2.09. The molecule has 0 aliphatic heterocycles. The van der Waals surface area contributed by atoms with Crippen molar-refractivity contribution in [2.75, 3.05) is 0 Å². The number of nitrogens with two attached hydrogens (primary N) is 1. The van der Waals surface area contributed by atoms with Crippen LogP contribution in [0.15, 0.2) is 40.9 Å². The van der Waals surface area contributed by atoms with Gasteiger partial charge < -0.3 is 10.5 Å². The van der Waals surface area contributed by atoms with E-state index < -0.39 is 5.82 Å². The summed E-state index contributed by atoms with van der Waals surface area (Å²) in [7, 11) is 0. The molecule has 20 heavy (non-hydrogen) atoms. The van der Waals surface area contributed by atoms with Gasteiger partial charge >= 0.3 is 0 Å². The molecule has 0 amide bonds. The molecule has 2 aromatic carbocycles. The fourth-order valence-electron chi connectivity index (χ4n) is 1.82. The molecule has 0 aliphatic rings. The molecule has 1 unspecified atom stereocenters. The fourth-order valence-corrected chi connectivity index (χ4v) is 2.23. The van der Waals surface area contributed by atoms with Crippen LogP contribution in [-0.4, -0.2) is 0 Å². The van der Waals surface area contributed by atoms with Crippen molar-refractivity contribution in [3.63, 3.8) is 0 Å². The van der Waals surface area contributed by atoms with Crippen LogP contribution in [0, 0.1) is 11.6 Å². The van der Waals surface area contributed by atoms with Crippen LogP contribution in [0.25, 0.3) is 0 Å². The zero-order valence-corrected chi connectivity index (χ0v) is 12.5. The van der Waals surface area contributed by atoms with Gasteiger partial charge in [0.1, 0.15) is 24.0 Å². The van der Waals surface area contributed by atoms with E-state index in [1.54, 1.807) is 25.1 Å². The second-order valence-electron chi connectivity index (χ2n) is 4.50. The van der Waals surface area contributed by atoms with Gasteiger partial charge in [-0.2, -0.15) is 0 Å². The molecule has 0 spiro atoms. The normalized spacial score (nSPS) is 12.2. The standard InChI is InChI=1S/C15H14BrF2NO/c1-9(19)13-4-3-12(17)7-15(13)20-8-10-6-11(16)2-5-14(10)18/h2-7,9H,8,19H2,1H3. The van der Waals surface area contributed by atoms with Crippen molar-refractivity contribution in [3.05, 3.63) is 63.6 Å². The van der Waals surface area contributed by atoms with E-state index in [2.05, 4.69) is 15.9 Å². The molecule has 0 aromatic heterocycles. The van der Waals surface area contributed by atoms with Gasteiger partial charge in [-0.3, -0.25) is 0 Å². The molecule has 2 aromatic rings. The monoisotopic (exact) mass is 341 g/mol. The van der Waals surface area contributed by atoms with E-state index >= 15 is 0 Å². The first-order chi connectivity index (χ1) is 9.47. The summed E-state index contributed by atoms with van der Waals surface area (Å²) in [4.78, 5) is 0. The van der Waals surface area contributed by atoms with Gasteiger partial charge in [0.2, 0.25) is 0 Å². The lowest BCUT2D eigenvalue weighted by atomic mass is 10.1. The summed E-state index contributed by atoms with van der Waals surface area (Å²) in [5.41, 5.74) is 6.87. The second kappa shape index (κ2) is 6.33. The van der Waals surface area contributed by atoms with E-state index in [1.807, 2.05) is 0 Å². The smallest absolute Gasteiger partial charge is 0.129 e. The van der Waals surface area contributed by atoms with Gasteiger partial charge in [0.15, 0.2) is 0 Å². The highest BCUT2D eigenvalue weighted by Gasteiger charge is 2.11. The average Bonchev–Trinajstić information content (AvgIpc) is 2.39. The molecule has 1 atom stereocenters. The van der Waals surface area contributed by atoms with E-state index in [1.165, 1.54) is 18.2 Å². The highest BCUT2D eigenvalue weighted by molar-refractivity contribution is 9.10. The van der Waals surface area contributed by atoms with Crippen molar-refractivity contribution in [1.29, 1.82) is 0 Å². The van der Waals surface area contributed by atoms with Crippen LogP contribution >= 0.6 is 15.9 Å². The van der Waals surface area contributed by atoms with Crippen molar-refractivity contribution in [2.24, 2.45) is 5.73 Å². The lowest BCUT2D eigenvalue weighted by Gasteiger charge is -2.14. The van der Waals surface area contributed by atoms with E-state index in [-0.39, 0.29) is 18.5 Å². The van der Waals surface area contributed by atoms with Crippen LogP contribution in [-0.2, 0) is 6.61 Å². The summed E-state index contributed by atoms with van der Waals surface area (Å²) < 4.78 is 33.2. The molecule has 0 saturated heterocycles. The van der Waals surface area contributed by atoms with Crippen molar-refractivity contribution in [2.45, 2.75) is 19.6 Å². The number of ether oxygens (including phenoxy) is 1. The second-order valence-corrected chi connectivity index (χ2v) is 5.41. The van der Waals surface area contributed by atoms with Crippen molar-refractivity contribution >= 4 is 15.9 Å². The predicted molar refractivity (Wildman–Crippen MR) is 77.4 cm³/mol. The zero-order chi connectivity index (χ0) is 14.7. The molecule has 0 radical (unpaired) electrons. The molecule has 0 fully saturated rings. The number of halogens is 3. The van der Waals surface area contributed by atoms with E-state index in [4.69, 9.17) is 10.5 Å². The number of rotatable bonds is 4. The minimum atomic E-state index is -0.417. The Hall–Kier alpha value is -1.46. The topological polar surface area (TPSA) is 35.2 Å². The van der Waals surface area contributed by atoms with Gasteiger partial charge in [-0.1, -0.05) is 22.0 Å². The van der Waals surface area contributed by atoms with E-state index in [0.717, 1.165) is 4.47 Å². The van der Waals surface area contributed by atoms with Gasteiger partial charge in [0, 0.05) is 27.7 Å². The fraction of sp³-hybridized carbons (Fsp3) is 0.200. The number of hydrogen-bond acceptors (Lipinski definition) is 2. The molecular formula is C15H14BrF2NO. The van der Waals surface area contributed by atoms with Gasteiger partial charge in [-0.05, 0) is 31.2 Å². The van der Waals surface area contributed by atoms with Crippen LogP contribution in [0.4, 0.5) is 8.78 Å². The summed E-state index contributed by atoms with van der Waals surface area (Å²) in [5, 5.41) is 0.